The van der Waals surface area contributed by atoms with Gasteiger partial charge in [0.05, 0.1) is 6.04 Å². The van der Waals surface area contributed by atoms with Crippen molar-refractivity contribution in [2.45, 2.75) is 6.04 Å². The molecule has 1 aliphatic heterocycles. The first kappa shape index (κ1) is 8.31. The van der Waals surface area contributed by atoms with Gasteiger partial charge in [-0.3, -0.25) is 0 Å². The van der Waals surface area contributed by atoms with Gasteiger partial charge in [0.25, 0.3) is 0 Å². The van der Waals surface area contributed by atoms with E-state index < -0.39 is 0 Å². The molecule has 1 saturated heterocycles. The molecule has 1 atom stereocenters. The van der Waals surface area contributed by atoms with Crippen LogP contribution in [-0.2, 0) is 0 Å². The minimum absolute atomic E-state index is 0.230. The quantitative estimate of drug-likeness (QED) is 0.536. The minimum atomic E-state index is -0.366. The average molecular weight is 182 g/mol. The third-order valence-electron chi connectivity index (χ3n) is 1.89. The van der Waals surface area contributed by atoms with Crippen LogP contribution in [0.25, 0.3) is 0 Å². The standard InChI is InChI=1S/C9H11FN2O/c10-8-2-1-6(11)3-9(8)13-5-7-4-12-7/h1-3,7,12H,4-5,11H2/t7-/m1/s1. The maximum absolute atomic E-state index is 13.0. The number of ether oxygens (including phenoxy) is 1. The van der Waals surface area contributed by atoms with E-state index in [0.717, 1.165) is 6.54 Å². The summed E-state index contributed by atoms with van der Waals surface area (Å²) in [7, 11) is 0. The Kier molecular flexibility index (Phi) is 2.06. The number of rotatable bonds is 3. The summed E-state index contributed by atoms with van der Waals surface area (Å²) < 4.78 is 18.3. The molecule has 0 amide bonds. The fourth-order valence-corrected chi connectivity index (χ4v) is 1.02. The molecule has 0 radical (unpaired) electrons. The van der Waals surface area contributed by atoms with Crippen molar-refractivity contribution in [3.63, 3.8) is 0 Å². The molecule has 13 heavy (non-hydrogen) atoms. The Morgan fingerprint density at radius 2 is 2.38 bits per heavy atom. The molecule has 70 valence electrons. The highest BCUT2D eigenvalue weighted by Crippen LogP contribution is 2.20. The van der Waals surface area contributed by atoms with Crippen molar-refractivity contribution in [2.24, 2.45) is 0 Å². The van der Waals surface area contributed by atoms with Crippen LogP contribution in [0.3, 0.4) is 0 Å². The third kappa shape index (κ3) is 2.09. The van der Waals surface area contributed by atoms with Gasteiger partial charge in [0.2, 0.25) is 0 Å². The smallest absolute Gasteiger partial charge is 0.165 e. The molecule has 1 aromatic carbocycles. The van der Waals surface area contributed by atoms with Crippen LogP contribution in [0.1, 0.15) is 0 Å². The number of nitrogen functional groups attached to an aromatic ring is 1. The fourth-order valence-electron chi connectivity index (χ4n) is 1.02. The number of hydrogen-bond donors (Lipinski definition) is 2. The first-order valence-corrected chi connectivity index (χ1v) is 4.17. The van der Waals surface area contributed by atoms with Crippen molar-refractivity contribution in [1.82, 2.24) is 5.32 Å². The lowest BCUT2D eigenvalue weighted by Crippen LogP contribution is -2.08. The Balaban J connectivity index is 2.03. The summed E-state index contributed by atoms with van der Waals surface area (Å²) in [6, 6.07) is 4.70. The lowest BCUT2D eigenvalue weighted by atomic mass is 10.3. The maximum Gasteiger partial charge on any atom is 0.165 e. The van der Waals surface area contributed by atoms with Gasteiger partial charge in [0.1, 0.15) is 6.61 Å². The molecular formula is C9H11FN2O. The van der Waals surface area contributed by atoms with Gasteiger partial charge >= 0.3 is 0 Å². The van der Waals surface area contributed by atoms with Gasteiger partial charge < -0.3 is 15.8 Å². The van der Waals surface area contributed by atoms with Crippen LogP contribution in [-0.4, -0.2) is 19.2 Å². The number of hydrogen-bond acceptors (Lipinski definition) is 3. The number of nitrogens with two attached hydrogens (primary N) is 1. The summed E-state index contributed by atoms with van der Waals surface area (Å²) in [5.74, 6) is -0.136. The molecule has 0 aliphatic carbocycles. The maximum atomic E-state index is 13.0. The average Bonchev–Trinajstić information content (AvgIpc) is 2.90. The van der Waals surface area contributed by atoms with E-state index in [2.05, 4.69) is 5.32 Å². The number of benzene rings is 1. The topological polar surface area (TPSA) is 57.2 Å². The molecular weight excluding hydrogens is 171 g/mol. The molecule has 0 bridgehead atoms. The van der Waals surface area contributed by atoms with Crippen molar-refractivity contribution in [2.75, 3.05) is 18.9 Å². The van der Waals surface area contributed by atoms with Gasteiger partial charge in [-0.15, -0.1) is 0 Å². The molecule has 3 N–H and O–H groups in total. The molecule has 1 heterocycles. The van der Waals surface area contributed by atoms with Crippen molar-refractivity contribution in [1.29, 1.82) is 0 Å². The van der Waals surface area contributed by atoms with E-state index in [-0.39, 0.29) is 11.6 Å². The molecule has 0 spiro atoms. The zero-order chi connectivity index (χ0) is 9.26. The van der Waals surface area contributed by atoms with E-state index in [1.165, 1.54) is 18.2 Å². The predicted molar refractivity (Wildman–Crippen MR) is 48.1 cm³/mol. The fraction of sp³-hybridized carbons (Fsp3) is 0.333. The number of nitrogens with one attached hydrogen (secondary N) is 1. The summed E-state index contributed by atoms with van der Waals surface area (Å²) in [5.41, 5.74) is 6.00. The van der Waals surface area contributed by atoms with Crippen LogP contribution in [0.5, 0.6) is 5.75 Å². The van der Waals surface area contributed by atoms with E-state index in [9.17, 15) is 4.39 Å². The van der Waals surface area contributed by atoms with Crippen LogP contribution in [0.4, 0.5) is 10.1 Å². The summed E-state index contributed by atoms with van der Waals surface area (Å²) >= 11 is 0. The lowest BCUT2D eigenvalue weighted by Gasteiger charge is -2.06. The molecule has 0 aromatic heterocycles. The Bertz CT molecular complexity index is 312. The van der Waals surface area contributed by atoms with Crippen LogP contribution in [0, 0.1) is 5.82 Å². The first-order valence-electron chi connectivity index (χ1n) is 4.17. The van der Waals surface area contributed by atoms with Crippen LogP contribution in [0.2, 0.25) is 0 Å². The second-order valence-corrected chi connectivity index (χ2v) is 3.11. The highest BCUT2D eigenvalue weighted by atomic mass is 19.1. The van der Waals surface area contributed by atoms with Gasteiger partial charge in [-0.05, 0) is 12.1 Å². The summed E-state index contributed by atoms with van der Waals surface area (Å²) in [5, 5.41) is 3.06. The second-order valence-electron chi connectivity index (χ2n) is 3.11. The van der Waals surface area contributed by atoms with E-state index in [1.54, 1.807) is 0 Å². The normalized spacial score (nSPS) is 19.9. The third-order valence-corrected chi connectivity index (χ3v) is 1.89. The largest absolute Gasteiger partial charge is 0.489 e. The molecule has 2 rings (SSSR count). The van der Waals surface area contributed by atoms with Gasteiger partial charge in [-0.1, -0.05) is 0 Å². The minimum Gasteiger partial charge on any atom is -0.489 e. The van der Waals surface area contributed by atoms with Crippen molar-refractivity contribution >= 4 is 5.69 Å². The van der Waals surface area contributed by atoms with Gasteiger partial charge in [-0.2, -0.15) is 0 Å². The number of anilines is 1. The summed E-state index contributed by atoms with van der Waals surface area (Å²) in [6.07, 6.45) is 0. The Labute approximate surface area is 75.7 Å². The van der Waals surface area contributed by atoms with E-state index in [0.29, 0.717) is 18.3 Å². The molecule has 1 fully saturated rings. The van der Waals surface area contributed by atoms with E-state index >= 15 is 0 Å². The predicted octanol–water partition coefficient (Wildman–Crippen LogP) is 0.759. The lowest BCUT2D eigenvalue weighted by molar-refractivity contribution is 0.303. The van der Waals surface area contributed by atoms with Crippen LogP contribution in [0.15, 0.2) is 18.2 Å². The number of halogens is 1. The Morgan fingerprint density at radius 3 is 3.08 bits per heavy atom. The van der Waals surface area contributed by atoms with Crippen LogP contribution >= 0.6 is 0 Å². The molecule has 3 nitrogen and oxygen atoms in total. The van der Waals surface area contributed by atoms with Crippen molar-refractivity contribution < 1.29 is 9.13 Å². The van der Waals surface area contributed by atoms with Gasteiger partial charge in [-0.25, -0.2) is 4.39 Å². The second kappa shape index (κ2) is 3.22. The monoisotopic (exact) mass is 182 g/mol. The SMILES string of the molecule is Nc1ccc(F)c(OC[C@H]2CN2)c1. The molecule has 0 unspecified atom stereocenters. The van der Waals surface area contributed by atoms with E-state index in [4.69, 9.17) is 10.5 Å². The summed E-state index contributed by atoms with van der Waals surface area (Å²) in [4.78, 5) is 0. The molecule has 1 aromatic rings. The molecule has 4 heteroatoms. The zero-order valence-electron chi connectivity index (χ0n) is 7.09. The van der Waals surface area contributed by atoms with Crippen molar-refractivity contribution in [3.05, 3.63) is 24.0 Å². The highest BCUT2D eigenvalue weighted by Gasteiger charge is 2.21. The van der Waals surface area contributed by atoms with Gasteiger partial charge in [0, 0.05) is 18.3 Å². The van der Waals surface area contributed by atoms with E-state index in [1.807, 2.05) is 0 Å². The Hall–Kier alpha value is -1.29. The molecule has 1 aliphatic rings. The first-order chi connectivity index (χ1) is 6.25. The summed E-state index contributed by atoms with van der Waals surface area (Å²) in [6.45, 7) is 1.45. The molecule has 0 saturated carbocycles. The highest BCUT2D eigenvalue weighted by molar-refractivity contribution is 5.44. The zero-order valence-corrected chi connectivity index (χ0v) is 7.09. The van der Waals surface area contributed by atoms with Gasteiger partial charge in [0.15, 0.2) is 11.6 Å². The Morgan fingerprint density at radius 1 is 1.62 bits per heavy atom. The van der Waals surface area contributed by atoms with Crippen molar-refractivity contribution in [3.8, 4) is 5.75 Å². The van der Waals surface area contributed by atoms with Crippen LogP contribution < -0.4 is 15.8 Å².